The molecule has 0 aromatic carbocycles. The van der Waals surface area contributed by atoms with E-state index in [2.05, 4.69) is 10.3 Å². The average Bonchev–Trinajstić information content (AvgIpc) is 3.28. The minimum atomic E-state index is -5.08. The summed E-state index contributed by atoms with van der Waals surface area (Å²) in [7, 11) is 0. The minimum absolute atomic E-state index is 0.0468. The summed E-state index contributed by atoms with van der Waals surface area (Å²) in [6, 6.07) is 5.89. The number of pyridine rings is 2. The highest BCUT2D eigenvalue weighted by Gasteiger charge is 2.38. The van der Waals surface area contributed by atoms with Crippen LogP contribution < -0.4 is 5.32 Å². The van der Waals surface area contributed by atoms with Gasteiger partial charge >= 0.3 is 12.1 Å². The summed E-state index contributed by atoms with van der Waals surface area (Å²) in [4.78, 5) is 30.0. The number of nitrogens with one attached hydrogen (secondary N) is 1. The van der Waals surface area contributed by atoms with Gasteiger partial charge in [-0.2, -0.15) is 13.2 Å². The Labute approximate surface area is 202 Å². The Kier molecular flexibility index (Phi) is 8.56. The zero-order valence-corrected chi connectivity index (χ0v) is 19.1. The number of carboxylic acid groups (broad SMARTS) is 1. The molecular formula is C23H23F5N4O4. The average molecular weight is 514 g/mol. The first-order chi connectivity index (χ1) is 17.0. The number of aryl methyl sites for hydroxylation is 1. The first-order valence-corrected chi connectivity index (χ1v) is 11.0. The van der Waals surface area contributed by atoms with Gasteiger partial charge in [0, 0.05) is 31.5 Å². The van der Waals surface area contributed by atoms with Gasteiger partial charge in [0.15, 0.2) is 0 Å². The molecule has 3 aromatic rings. The summed E-state index contributed by atoms with van der Waals surface area (Å²) in [5.41, 5.74) is 2.99. The molecule has 194 valence electrons. The molecule has 13 heteroatoms. The van der Waals surface area contributed by atoms with E-state index in [4.69, 9.17) is 19.6 Å². The number of fused-ring (bicyclic) bond motifs is 1. The zero-order valence-electron chi connectivity index (χ0n) is 19.1. The van der Waals surface area contributed by atoms with E-state index in [1.54, 1.807) is 6.20 Å². The number of carbonyl (C=O) groups is 2. The molecular weight excluding hydrogens is 491 g/mol. The van der Waals surface area contributed by atoms with E-state index in [1.165, 1.54) is 18.2 Å². The van der Waals surface area contributed by atoms with Crippen LogP contribution in [0, 0.1) is 0 Å². The first kappa shape index (κ1) is 27.0. The van der Waals surface area contributed by atoms with E-state index < -0.39 is 30.2 Å². The number of hydrogen-bond acceptors (Lipinski definition) is 5. The molecule has 36 heavy (non-hydrogen) atoms. The number of imidazole rings is 1. The third-order valence-corrected chi connectivity index (χ3v) is 5.39. The van der Waals surface area contributed by atoms with Gasteiger partial charge in [-0.05, 0) is 43.0 Å². The summed E-state index contributed by atoms with van der Waals surface area (Å²) in [5, 5.41) is 9.89. The fourth-order valence-electron chi connectivity index (χ4n) is 3.60. The number of halogens is 5. The van der Waals surface area contributed by atoms with Crippen LogP contribution in [-0.2, 0) is 16.0 Å². The number of aromatic nitrogens is 3. The van der Waals surface area contributed by atoms with Gasteiger partial charge in [0.05, 0.1) is 11.4 Å². The Balaban J connectivity index is 0.000000454. The topological polar surface area (TPSA) is 106 Å². The second-order valence-electron chi connectivity index (χ2n) is 7.90. The van der Waals surface area contributed by atoms with Crippen LogP contribution in [0.4, 0.5) is 27.6 Å². The second-order valence-corrected chi connectivity index (χ2v) is 7.90. The Morgan fingerprint density at radius 3 is 2.44 bits per heavy atom. The van der Waals surface area contributed by atoms with Crippen molar-refractivity contribution in [1.29, 1.82) is 0 Å². The molecule has 4 rings (SSSR count). The van der Waals surface area contributed by atoms with Crippen molar-refractivity contribution >= 4 is 23.2 Å². The molecule has 0 aliphatic carbocycles. The predicted molar refractivity (Wildman–Crippen MR) is 118 cm³/mol. The number of alkyl halides is 5. The highest BCUT2D eigenvalue weighted by Crippen LogP contribution is 2.28. The molecule has 2 N–H and O–H groups in total. The lowest BCUT2D eigenvalue weighted by Crippen LogP contribution is -2.21. The molecule has 3 aromatic heterocycles. The summed E-state index contributed by atoms with van der Waals surface area (Å²) in [6.45, 7) is 3.51. The van der Waals surface area contributed by atoms with Gasteiger partial charge in [0.2, 0.25) is 0 Å². The smallest absolute Gasteiger partial charge is 0.475 e. The number of aliphatic carboxylic acids is 1. The monoisotopic (exact) mass is 514 g/mol. The van der Waals surface area contributed by atoms with Crippen molar-refractivity contribution in [3.8, 4) is 0 Å². The van der Waals surface area contributed by atoms with Gasteiger partial charge in [-0.3, -0.25) is 4.79 Å². The lowest BCUT2D eigenvalue weighted by atomic mass is 9.97. The molecule has 1 aliphatic heterocycles. The van der Waals surface area contributed by atoms with Crippen molar-refractivity contribution in [3.05, 3.63) is 59.3 Å². The van der Waals surface area contributed by atoms with Gasteiger partial charge in [0.25, 0.3) is 12.3 Å². The van der Waals surface area contributed by atoms with Crippen LogP contribution in [0.3, 0.4) is 0 Å². The highest BCUT2D eigenvalue weighted by atomic mass is 19.4. The van der Waals surface area contributed by atoms with Crippen LogP contribution in [-0.4, -0.2) is 50.7 Å². The SMILES string of the molecule is CCc1cc(NC(=O)c2cccc(C(F)F)n2)cn2cc(C3CCOCC3)nc12.O=C(O)C(F)(F)F. The summed E-state index contributed by atoms with van der Waals surface area (Å²) < 4.78 is 64.8. The standard InChI is InChI=1S/C21H22F2N4O2.C2HF3O2/c1-2-13-10-15(24-21(28)17-5-3-4-16(25-17)19(22)23)11-27-12-18(26-20(13)27)14-6-8-29-9-7-14;3-2(4,5)1(6)7/h3-5,10-12,14,19H,2,6-9H2,1H3,(H,24,28);(H,6,7). The van der Waals surface area contributed by atoms with Crippen LogP contribution in [0.5, 0.6) is 0 Å². The van der Waals surface area contributed by atoms with E-state index in [0.29, 0.717) is 11.6 Å². The van der Waals surface area contributed by atoms with E-state index in [-0.39, 0.29) is 5.69 Å². The maximum Gasteiger partial charge on any atom is 0.490 e. The molecule has 1 saturated heterocycles. The van der Waals surface area contributed by atoms with Crippen molar-refractivity contribution in [2.24, 2.45) is 0 Å². The van der Waals surface area contributed by atoms with Crippen LogP contribution in [0.25, 0.3) is 5.65 Å². The van der Waals surface area contributed by atoms with Crippen LogP contribution in [0.2, 0.25) is 0 Å². The molecule has 1 amide bonds. The Bertz CT molecular complexity index is 1220. The van der Waals surface area contributed by atoms with E-state index >= 15 is 0 Å². The van der Waals surface area contributed by atoms with Gasteiger partial charge in [-0.1, -0.05) is 13.0 Å². The molecule has 1 aliphatic rings. The molecule has 1 fully saturated rings. The number of anilines is 1. The molecule has 0 bridgehead atoms. The fraction of sp³-hybridized carbons (Fsp3) is 0.391. The maximum absolute atomic E-state index is 12.9. The molecule has 8 nitrogen and oxygen atoms in total. The fourth-order valence-corrected chi connectivity index (χ4v) is 3.60. The maximum atomic E-state index is 12.9. The van der Waals surface area contributed by atoms with Crippen molar-refractivity contribution in [3.63, 3.8) is 0 Å². The van der Waals surface area contributed by atoms with Crippen molar-refractivity contribution in [2.75, 3.05) is 18.5 Å². The van der Waals surface area contributed by atoms with E-state index in [9.17, 15) is 26.7 Å². The molecule has 0 atom stereocenters. The number of hydrogen-bond donors (Lipinski definition) is 2. The molecule has 0 spiro atoms. The molecule has 0 radical (unpaired) electrons. The van der Waals surface area contributed by atoms with Gasteiger partial charge < -0.3 is 19.6 Å². The lowest BCUT2D eigenvalue weighted by molar-refractivity contribution is -0.192. The third kappa shape index (κ3) is 6.74. The Morgan fingerprint density at radius 1 is 1.19 bits per heavy atom. The van der Waals surface area contributed by atoms with Gasteiger partial charge in [-0.15, -0.1) is 0 Å². The normalized spacial score (nSPS) is 14.4. The Morgan fingerprint density at radius 2 is 1.86 bits per heavy atom. The van der Waals surface area contributed by atoms with Gasteiger partial charge in [0.1, 0.15) is 17.0 Å². The van der Waals surface area contributed by atoms with Crippen molar-refractivity contribution < 1.29 is 41.4 Å². The second kappa shape index (κ2) is 11.4. The first-order valence-electron chi connectivity index (χ1n) is 11.0. The van der Waals surface area contributed by atoms with Crippen molar-refractivity contribution in [1.82, 2.24) is 14.4 Å². The summed E-state index contributed by atoms with van der Waals surface area (Å²) in [5.74, 6) is -2.92. The lowest BCUT2D eigenvalue weighted by Gasteiger charge is -2.19. The molecule has 4 heterocycles. The predicted octanol–water partition coefficient (Wildman–Crippen LogP) is 5.01. The number of carboxylic acids is 1. The largest absolute Gasteiger partial charge is 0.490 e. The third-order valence-electron chi connectivity index (χ3n) is 5.39. The highest BCUT2D eigenvalue weighted by molar-refractivity contribution is 6.02. The van der Waals surface area contributed by atoms with Crippen LogP contribution in [0.15, 0.2) is 36.7 Å². The summed E-state index contributed by atoms with van der Waals surface area (Å²) in [6.07, 6.45) is -1.38. The number of nitrogens with zero attached hydrogens (tertiary/aromatic N) is 3. The number of amides is 1. The van der Waals surface area contributed by atoms with E-state index in [0.717, 1.165) is 49.4 Å². The van der Waals surface area contributed by atoms with E-state index in [1.807, 2.05) is 23.6 Å². The molecule has 0 saturated carbocycles. The quantitative estimate of drug-likeness (QED) is 0.464. The number of carbonyl (C=O) groups excluding carboxylic acids is 1. The van der Waals surface area contributed by atoms with Crippen LogP contribution in [0.1, 0.15) is 59.5 Å². The Hall–Kier alpha value is -3.61. The molecule has 0 unspecified atom stereocenters. The zero-order chi connectivity index (χ0) is 26.5. The van der Waals surface area contributed by atoms with Gasteiger partial charge in [-0.25, -0.2) is 23.5 Å². The number of rotatable bonds is 5. The van der Waals surface area contributed by atoms with Crippen molar-refractivity contribution in [2.45, 2.75) is 44.7 Å². The minimum Gasteiger partial charge on any atom is -0.475 e. The number of ether oxygens (including phenoxy) is 1. The van der Waals surface area contributed by atoms with Crippen LogP contribution >= 0.6 is 0 Å². The summed E-state index contributed by atoms with van der Waals surface area (Å²) >= 11 is 0.